The van der Waals surface area contributed by atoms with Crippen molar-refractivity contribution >= 4 is 44.7 Å². The van der Waals surface area contributed by atoms with Crippen molar-refractivity contribution < 1.29 is 14.4 Å². The molecule has 2 N–H and O–H groups in total. The predicted octanol–water partition coefficient (Wildman–Crippen LogP) is 1.69. The highest BCUT2D eigenvalue weighted by atomic mass is 79.9. The second-order valence-electron chi connectivity index (χ2n) is 7.71. The first-order valence-corrected chi connectivity index (χ1v) is 10.2. The standard InChI is InChI=1S/C19H20BrN5O4/c1-11-4-6-19(7-5-11)17(28)25(18(29)22-19)23-15(26)9-24-10-21-14-3-2-12(20)8-13(14)16(24)27/h2-3,8,10-11H,4-7,9H2,1H3,(H,22,29)(H,23,26). The van der Waals surface area contributed by atoms with Crippen LogP contribution in [0.3, 0.4) is 0 Å². The van der Waals surface area contributed by atoms with E-state index in [0.29, 0.717) is 29.7 Å². The van der Waals surface area contributed by atoms with Crippen LogP contribution < -0.4 is 16.3 Å². The zero-order valence-corrected chi connectivity index (χ0v) is 17.4. The first-order chi connectivity index (χ1) is 13.8. The van der Waals surface area contributed by atoms with E-state index in [2.05, 4.69) is 38.6 Å². The number of fused-ring (bicyclic) bond motifs is 1. The lowest BCUT2D eigenvalue weighted by Crippen LogP contribution is -2.52. The normalized spacial score (nSPS) is 24.2. The summed E-state index contributed by atoms with van der Waals surface area (Å²) in [6, 6.07) is 4.45. The molecule has 0 unspecified atom stereocenters. The van der Waals surface area contributed by atoms with E-state index in [1.54, 1.807) is 18.2 Å². The molecule has 1 saturated carbocycles. The molecular weight excluding hydrogens is 442 g/mol. The van der Waals surface area contributed by atoms with Crippen LogP contribution in [-0.4, -0.2) is 37.9 Å². The molecular formula is C19H20BrN5O4. The molecule has 1 aromatic heterocycles. The molecule has 2 aromatic rings. The van der Waals surface area contributed by atoms with Gasteiger partial charge in [0.2, 0.25) is 0 Å². The van der Waals surface area contributed by atoms with Crippen LogP contribution in [0.2, 0.25) is 0 Å². The van der Waals surface area contributed by atoms with Crippen LogP contribution in [0.15, 0.2) is 33.8 Å². The molecule has 1 spiro atoms. The van der Waals surface area contributed by atoms with Crippen molar-refractivity contribution in [3.05, 3.63) is 39.4 Å². The first-order valence-electron chi connectivity index (χ1n) is 9.40. The molecule has 2 aliphatic rings. The van der Waals surface area contributed by atoms with Crippen molar-refractivity contribution in [1.29, 1.82) is 0 Å². The van der Waals surface area contributed by atoms with Crippen LogP contribution in [0, 0.1) is 5.92 Å². The van der Waals surface area contributed by atoms with Crippen LogP contribution in [-0.2, 0) is 16.1 Å². The van der Waals surface area contributed by atoms with E-state index in [0.717, 1.165) is 26.9 Å². The van der Waals surface area contributed by atoms with Crippen molar-refractivity contribution in [1.82, 2.24) is 25.3 Å². The molecule has 1 aliphatic heterocycles. The smallest absolute Gasteiger partial charge is 0.322 e. The number of halogens is 1. The summed E-state index contributed by atoms with van der Waals surface area (Å²) in [6.45, 7) is 1.75. The van der Waals surface area contributed by atoms with Gasteiger partial charge in [-0.15, -0.1) is 0 Å². The van der Waals surface area contributed by atoms with E-state index in [4.69, 9.17) is 0 Å². The zero-order chi connectivity index (χ0) is 20.8. The zero-order valence-electron chi connectivity index (χ0n) is 15.8. The number of hydrazine groups is 1. The average molecular weight is 462 g/mol. The molecule has 2 heterocycles. The van der Waals surface area contributed by atoms with Crippen LogP contribution >= 0.6 is 15.9 Å². The Hall–Kier alpha value is -2.75. The van der Waals surface area contributed by atoms with Gasteiger partial charge in [0, 0.05) is 4.47 Å². The highest BCUT2D eigenvalue weighted by molar-refractivity contribution is 9.10. The fraction of sp³-hybridized carbons (Fsp3) is 0.421. The lowest BCUT2D eigenvalue weighted by atomic mass is 9.77. The molecule has 10 heteroatoms. The van der Waals surface area contributed by atoms with Gasteiger partial charge in [-0.3, -0.25) is 24.4 Å². The molecule has 29 heavy (non-hydrogen) atoms. The highest BCUT2D eigenvalue weighted by Gasteiger charge is 2.52. The molecule has 1 aromatic carbocycles. The highest BCUT2D eigenvalue weighted by Crippen LogP contribution is 2.35. The summed E-state index contributed by atoms with van der Waals surface area (Å²) in [5.41, 5.74) is 1.52. The number of carbonyl (C=O) groups excluding carboxylic acids is 3. The lowest BCUT2D eigenvalue weighted by Gasteiger charge is -2.33. The predicted molar refractivity (Wildman–Crippen MR) is 108 cm³/mol. The largest absolute Gasteiger partial charge is 0.344 e. The number of hydrogen-bond donors (Lipinski definition) is 2. The molecule has 4 rings (SSSR count). The fourth-order valence-electron chi connectivity index (χ4n) is 3.87. The van der Waals surface area contributed by atoms with Crippen LogP contribution in [0.1, 0.15) is 32.6 Å². The van der Waals surface area contributed by atoms with Crippen molar-refractivity contribution in [2.24, 2.45) is 5.92 Å². The number of imide groups is 1. The minimum atomic E-state index is -0.940. The maximum atomic E-state index is 12.8. The van der Waals surface area contributed by atoms with Crippen molar-refractivity contribution in [3.63, 3.8) is 0 Å². The third-order valence-corrected chi connectivity index (χ3v) is 6.12. The molecule has 2 fully saturated rings. The molecule has 152 valence electrons. The number of benzene rings is 1. The topological polar surface area (TPSA) is 113 Å². The summed E-state index contributed by atoms with van der Waals surface area (Å²) in [5, 5.41) is 3.83. The van der Waals surface area contributed by atoms with E-state index in [-0.39, 0.29) is 12.1 Å². The maximum Gasteiger partial charge on any atom is 0.344 e. The van der Waals surface area contributed by atoms with Gasteiger partial charge in [0.1, 0.15) is 12.1 Å². The van der Waals surface area contributed by atoms with E-state index in [1.807, 2.05) is 0 Å². The first kappa shape index (κ1) is 19.6. The van der Waals surface area contributed by atoms with Gasteiger partial charge in [-0.25, -0.2) is 9.78 Å². The molecule has 1 aliphatic carbocycles. The summed E-state index contributed by atoms with van der Waals surface area (Å²) >= 11 is 3.31. The molecule has 0 bridgehead atoms. The minimum absolute atomic E-state index is 0.361. The quantitative estimate of drug-likeness (QED) is 0.675. The molecule has 0 radical (unpaired) electrons. The molecule has 0 atom stereocenters. The van der Waals surface area contributed by atoms with Gasteiger partial charge >= 0.3 is 6.03 Å². The Morgan fingerprint density at radius 1 is 1.31 bits per heavy atom. The second kappa shape index (κ2) is 7.25. The number of aromatic nitrogens is 2. The van der Waals surface area contributed by atoms with Crippen LogP contribution in [0.4, 0.5) is 4.79 Å². The van der Waals surface area contributed by atoms with E-state index < -0.39 is 23.4 Å². The third kappa shape index (κ3) is 3.52. The van der Waals surface area contributed by atoms with Gasteiger partial charge in [0.15, 0.2) is 0 Å². The minimum Gasteiger partial charge on any atom is -0.322 e. The molecule has 1 saturated heterocycles. The van der Waals surface area contributed by atoms with Gasteiger partial charge in [-0.1, -0.05) is 22.9 Å². The van der Waals surface area contributed by atoms with Gasteiger partial charge in [-0.05, 0) is 49.8 Å². The number of hydrogen-bond acceptors (Lipinski definition) is 5. The Morgan fingerprint density at radius 3 is 2.76 bits per heavy atom. The number of nitrogens with one attached hydrogen (secondary N) is 2. The number of nitrogens with zero attached hydrogens (tertiary/aromatic N) is 3. The summed E-state index contributed by atoms with van der Waals surface area (Å²) in [6.07, 6.45) is 4.04. The molecule has 9 nitrogen and oxygen atoms in total. The van der Waals surface area contributed by atoms with Crippen LogP contribution in [0.25, 0.3) is 10.9 Å². The Morgan fingerprint density at radius 2 is 2.03 bits per heavy atom. The van der Waals surface area contributed by atoms with Crippen molar-refractivity contribution in [2.75, 3.05) is 0 Å². The molecule has 4 amide bonds. The summed E-state index contributed by atoms with van der Waals surface area (Å²) < 4.78 is 1.86. The van der Waals surface area contributed by atoms with Crippen LogP contribution in [0.5, 0.6) is 0 Å². The summed E-state index contributed by atoms with van der Waals surface area (Å²) in [4.78, 5) is 54.4. The van der Waals surface area contributed by atoms with Gasteiger partial charge < -0.3 is 5.32 Å². The number of urea groups is 1. The second-order valence-corrected chi connectivity index (χ2v) is 8.63. The summed E-state index contributed by atoms with van der Waals surface area (Å²) in [7, 11) is 0. The Kier molecular flexibility index (Phi) is 4.89. The monoisotopic (exact) mass is 461 g/mol. The fourth-order valence-corrected chi connectivity index (χ4v) is 4.24. The Balaban J connectivity index is 1.50. The number of carbonyl (C=O) groups is 3. The van der Waals surface area contributed by atoms with Gasteiger partial charge in [0.25, 0.3) is 17.4 Å². The van der Waals surface area contributed by atoms with E-state index >= 15 is 0 Å². The average Bonchev–Trinajstić information content (AvgIpc) is 2.91. The Bertz CT molecular complexity index is 1070. The third-order valence-electron chi connectivity index (χ3n) is 5.63. The SMILES string of the molecule is CC1CCC2(CC1)NC(=O)N(NC(=O)Cn1cnc3ccc(Br)cc3c1=O)C2=O. The maximum absolute atomic E-state index is 12.8. The number of amides is 4. The summed E-state index contributed by atoms with van der Waals surface area (Å²) in [5.74, 6) is -0.607. The van der Waals surface area contributed by atoms with E-state index in [1.165, 1.54) is 6.33 Å². The van der Waals surface area contributed by atoms with E-state index in [9.17, 15) is 19.2 Å². The van der Waals surface area contributed by atoms with Crippen molar-refractivity contribution in [3.8, 4) is 0 Å². The van der Waals surface area contributed by atoms with Gasteiger partial charge in [0.05, 0.1) is 17.2 Å². The van der Waals surface area contributed by atoms with Crippen molar-refractivity contribution in [2.45, 2.75) is 44.7 Å². The Labute approximate surface area is 174 Å². The lowest BCUT2D eigenvalue weighted by molar-refractivity contribution is -0.140. The number of rotatable bonds is 3. The van der Waals surface area contributed by atoms with Gasteiger partial charge in [-0.2, -0.15) is 5.01 Å².